The summed E-state index contributed by atoms with van der Waals surface area (Å²) in [6.07, 6.45) is 10.5. The van der Waals surface area contributed by atoms with E-state index >= 15 is 0 Å². The number of carbonyl (C=O) groups is 2. The fourth-order valence-electron chi connectivity index (χ4n) is 3.82. The van der Waals surface area contributed by atoms with Crippen molar-refractivity contribution in [1.29, 1.82) is 0 Å². The van der Waals surface area contributed by atoms with Crippen LogP contribution in [0.15, 0.2) is 0 Å². The minimum Gasteiger partial charge on any atom is -0.481 e. The molecular formula is C23H44O4. The molecule has 0 saturated heterocycles. The molecule has 0 heterocycles. The van der Waals surface area contributed by atoms with Gasteiger partial charge in [0, 0.05) is 6.42 Å². The van der Waals surface area contributed by atoms with Crippen molar-refractivity contribution in [3.05, 3.63) is 0 Å². The number of hydrogen-bond donors (Lipinski definition) is 1. The van der Waals surface area contributed by atoms with Gasteiger partial charge in [-0.3, -0.25) is 9.59 Å². The maximum atomic E-state index is 12.5. The summed E-state index contributed by atoms with van der Waals surface area (Å²) in [5.41, 5.74) is -0.359. The molecule has 0 aromatic heterocycles. The molecule has 1 atom stereocenters. The second-order valence-corrected chi connectivity index (χ2v) is 8.74. The van der Waals surface area contributed by atoms with Crippen molar-refractivity contribution in [1.82, 2.24) is 0 Å². The summed E-state index contributed by atoms with van der Waals surface area (Å²) < 4.78 is 6.10. The average Bonchev–Trinajstić information content (AvgIpc) is 2.59. The molecule has 0 aliphatic heterocycles. The van der Waals surface area contributed by atoms with Crippen LogP contribution in [0.4, 0.5) is 0 Å². The second kappa shape index (κ2) is 14.0. The van der Waals surface area contributed by atoms with Crippen LogP contribution in [0.3, 0.4) is 0 Å². The van der Waals surface area contributed by atoms with E-state index in [2.05, 4.69) is 34.6 Å². The molecule has 0 saturated carbocycles. The molecule has 0 aromatic carbocycles. The highest BCUT2D eigenvalue weighted by atomic mass is 16.6. The molecule has 0 bridgehead atoms. The van der Waals surface area contributed by atoms with Crippen molar-refractivity contribution >= 4 is 11.9 Å². The topological polar surface area (TPSA) is 63.6 Å². The second-order valence-electron chi connectivity index (χ2n) is 8.74. The van der Waals surface area contributed by atoms with Crippen LogP contribution in [0.2, 0.25) is 0 Å². The summed E-state index contributed by atoms with van der Waals surface area (Å²) in [7, 11) is 0. The molecule has 0 aromatic rings. The number of carbonyl (C=O) groups excluding carboxylic acids is 1. The zero-order valence-electron chi connectivity index (χ0n) is 18.7. The summed E-state index contributed by atoms with van der Waals surface area (Å²) in [5, 5.41) is 8.89. The fraction of sp³-hybridized carbons (Fsp3) is 0.913. The molecule has 0 amide bonds. The van der Waals surface area contributed by atoms with Gasteiger partial charge in [0.1, 0.15) is 5.60 Å². The van der Waals surface area contributed by atoms with Gasteiger partial charge in [0.15, 0.2) is 0 Å². The van der Waals surface area contributed by atoms with Gasteiger partial charge >= 0.3 is 11.9 Å². The maximum Gasteiger partial charge on any atom is 0.306 e. The van der Waals surface area contributed by atoms with Crippen LogP contribution >= 0.6 is 0 Å². The van der Waals surface area contributed by atoms with E-state index in [4.69, 9.17) is 9.84 Å². The van der Waals surface area contributed by atoms with E-state index in [1.807, 2.05) is 0 Å². The fourth-order valence-corrected chi connectivity index (χ4v) is 3.82. The van der Waals surface area contributed by atoms with Crippen LogP contribution < -0.4 is 0 Å². The van der Waals surface area contributed by atoms with E-state index in [-0.39, 0.29) is 17.5 Å². The number of esters is 1. The predicted octanol–water partition coefficient (Wildman–Crippen LogP) is 6.61. The lowest BCUT2D eigenvalue weighted by Crippen LogP contribution is -2.45. The number of carboxylic acids is 1. The van der Waals surface area contributed by atoms with Gasteiger partial charge in [0.2, 0.25) is 0 Å². The SMILES string of the molecule is CCCCCCC(OC(=O)CCCCCCC(C)C(=O)O)(C(C)C)C(C)C. The van der Waals surface area contributed by atoms with Gasteiger partial charge in [0.05, 0.1) is 5.92 Å². The molecule has 160 valence electrons. The standard InChI is InChI=1S/C23H44O4/c1-7-8-9-14-17-23(18(2)3,19(4)5)27-21(24)16-13-11-10-12-15-20(6)22(25)26/h18-20H,7-17H2,1-6H3,(H,25,26). The molecule has 0 radical (unpaired) electrons. The molecular weight excluding hydrogens is 340 g/mol. The van der Waals surface area contributed by atoms with Crippen LogP contribution in [0.1, 0.15) is 112 Å². The third-order valence-corrected chi connectivity index (χ3v) is 5.87. The molecule has 27 heavy (non-hydrogen) atoms. The van der Waals surface area contributed by atoms with Gasteiger partial charge in [-0.05, 0) is 37.5 Å². The summed E-state index contributed by atoms with van der Waals surface area (Å²) in [5.74, 6) is -0.468. The zero-order valence-corrected chi connectivity index (χ0v) is 18.7. The monoisotopic (exact) mass is 384 g/mol. The van der Waals surface area contributed by atoms with Crippen LogP contribution in [-0.4, -0.2) is 22.6 Å². The first kappa shape index (κ1) is 25.9. The van der Waals surface area contributed by atoms with Crippen molar-refractivity contribution < 1.29 is 19.4 Å². The third kappa shape index (κ3) is 10.2. The Labute approximate surface area is 167 Å². The molecule has 0 spiro atoms. The lowest BCUT2D eigenvalue weighted by Gasteiger charge is -2.41. The van der Waals surface area contributed by atoms with Crippen molar-refractivity contribution in [2.45, 2.75) is 118 Å². The number of rotatable bonds is 16. The van der Waals surface area contributed by atoms with E-state index in [0.717, 1.165) is 38.5 Å². The largest absolute Gasteiger partial charge is 0.481 e. The van der Waals surface area contributed by atoms with E-state index in [1.54, 1.807) is 6.92 Å². The maximum absolute atomic E-state index is 12.5. The number of ether oxygens (including phenoxy) is 1. The Bertz CT molecular complexity index is 407. The van der Waals surface area contributed by atoms with Crippen molar-refractivity contribution in [2.24, 2.45) is 17.8 Å². The van der Waals surface area contributed by atoms with Gasteiger partial charge in [0.25, 0.3) is 0 Å². The molecule has 4 nitrogen and oxygen atoms in total. The molecule has 0 fully saturated rings. The highest BCUT2D eigenvalue weighted by Gasteiger charge is 2.40. The predicted molar refractivity (Wildman–Crippen MR) is 112 cm³/mol. The first-order valence-electron chi connectivity index (χ1n) is 11.1. The summed E-state index contributed by atoms with van der Waals surface area (Å²) in [6.45, 7) is 12.6. The first-order valence-corrected chi connectivity index (χ1v) is 11.1. The van der Waals surface area contributed by atoms with Gasteiger partial charge in [-0.2, -0.15) is 0 Å². The molecule has 0 rings (SSSR count). The smallest absolute Gasteiger partial charge is 0.306 e. The molecule has 1 N–H and O–H groups in total. The quantitative estimate of drug-likeness (QED) is 0.240. The highest BCUT2D eigenvalue weighted by molar-refractivity contribution is 5.70. The van der Waals surface area contributed by atoms with Gasteiger partial charge in [-0.25, -0.2) is 0 Å². The summed E-state index contributed by atoms with van der Waals surface area (Å²) in [4.78, 5) is 23.3. The summed E-state index contributed by atoms with van der Waals surface area (Å²) >= 11 is 0. The summed E-state index contributed by atoms with van der Waals surface area (Å²) in [6, 6.07) is 0. The molecule has 4 heteroatoms. The van der Waals surface area contributed by atoms with Crippen LogP contribution in [0, 0.1) is 17.8 Å². The van der Waals surface area contributed by atoms with E-state index in [0.29, 0.717) is 24.7 Å². The molecule has 1 unspecified atom stereocenters. The third-order valence-electron chi connectivity index (χ3n) is 5.87. The average molecular weight is 385 g/mol. The van der Waals surface area contributed by atoms with Gasteiger partial charge < -0.3 is 9.84 Å². The molecule has 0 aliphatic carbocycles. The Morgan fingerprint density at radius 2 is 1.41 bits per heavy atom. The van der Waals surface area contributed by atoms with E-state index in [9.17, 15) is 9.59 Å². The van der Waals surface area contributed by atoms with Crippen molar-refractivity contribution in [2.75, 3.05) is 0 Å². The Balaban J connectivity index is 4.37. The van der Waals surface area contributed by atoms with Crippen LogP contribution in [-0.2, 0) is 14.3 Å². The minimum absolute atomic E-state index is 0.0770. The number of carboxylic acid groups (broad SMARTS) is 1. The Morgan fingerprint density at radius 3 is 1.93 bits per heavy atom. The molecule has 0 aliphatic rings. The number of hydrogen-bond acceptors (Lipinski definition) is 3. The van der Waals surface area contributed by atoms with Gasteiger partial charge in [-0.15, -0.1) is 0 Å². The Hall–Kier alpha value is -1.06. The minimum atomic E-state index is -0.726. The highest BCUT2D eigenvalue weighted by Crippen LogP contribution is 2.36. The van der Waals surface area contributed by atoms with Crippen LogP contribution in [0.25, 0.3) is 0 Å². The Morgan fingerprint density at radius 1 is 0.852 bits per heavy atom. The Kier molecular flexibility index (Phi) is 13.5. The van der Waals surface area contributed by atoms with E-state index < -0.39 is 5.97 Å². The van der Waals surface area contributed by atoms with Crippen molar-refractivity contribution in [3.63, 3.8) is 0 Å². The first-order chi connectivity index (χ1) is 12.7. The van der Waals surface area contributed by atoms with E-state index in [1.165, 1.54) is 19.3 Å². The normalized spacial score (nSPS) is 13.2. The lowest BCUT2D eigenvalue weighted by molar-refractivity contribution is -0.174. The van der Waals surface area contributed by atoms with Crippen molar-refractivity contribution in [3.8, 4) is 0 Å². The van der Waals surface area contributed by atoms with Gasteiger partial charge in [-0.1, -0.05) is 80.1 Å². The zero-order chi connectivity index (χ0) is 20.9. The number of unbranched alkanes of at least 4 members (excludes halogenated alkanes) is 6. The lowest BCUT2D eigenvalue weighted by atomic mass is 9.76. The van der Waals surface area contributed by atoms with Crippen LogP contribution in [0.5, 0.6) is 0 Å². The number of aliphatic carboxylic acids is 1.